The summed E-state index contributed by atoms with van der Waals surface area (Å²) in [5.74, 6) is 0. The predicted molar refractivity (Wildman–Crippen MR) is 105 cm³/mol. The highest BCUT2D eigenvalue weighted by molar-refractivity contribution is 4.50. The van der Waals surface area contributed by atoms with E-state index in [0.717, 1.165) is 13.0 Å². The zero-order valence-electron chi connectivity index (χ0n) is 16.6. The molecule has 1 atom stereocenters. The summed E-state index contributed by atoms with van der Waals surface area (Å²) in [4.78, 5) is 0. The van der Waals surface area contributed by atoms with Crippen molar-refractivity contribution in [2.75, 3.05) is 20.1 Å². The van der Waals surface area contributed by atoms with Crippen molar-refractivity contribution in [3.05, 3.63) is 5.21 Å². The average Bonchev–Trinajstić information content (AvgIpc) is 2.54. The summed E-state index contributed by atoms with van der Waals surface area (Å²) in [7, 11) is 1.80. The zero-order chi connectivity index (χ0) is 17.2. The minimum Gasteiger partial charge on any atom is -0.633 e. The molecule has 2 heteroatoms. The first kappa shape index (κ1) is 22.9. The van der Waals surface area contributed by atoms with Crippen molar-refractivity contribution >= 4 is 0 Å². The molecule has 0 saturated heterocycles. The fourth-order valence-electron chi connectivity index (χ4n) is 3.15. The van der Waals surface area contributed by atoms with Crippen molar-refractivity contribution in [3.63, 3.8) is 0 Å². The SMILES string of the molecule is CCCCCCCCCCCCCCCCCC[N+](C)([O-])CC. The van der Waals surface area contributed by atoms with Crippen LogP contribution in [0.25, 0.3) is 0 Å². The van der Waals surface area contributed by atoms with Crippen LogP contribution in [0.1, 0.15) is 117 Å². The van der Waals surface area contributed by atoms with Gasteiger partial charge in [-0.05, 0) is 19.8 Å². The molecule has 0 bridgehead atoms. The Morgan fingerprint density at radius 2 is 0.826 bits per heavy atom. The summed E-state index contributed by atoms with van der Waals surface area (Å²) in [6.07, 6.45) is 22.2. The second kappa shape index (κ2) is 16.8. The van der Waals surface area contributed by atoms with Crippen LogP contribution >= 0.6 is 0 Å². The van der Waals surface area contributed by atoms with Crippen LogP contribution in [0.3, 0.4) is 0 Å². The molecular weight excluding hydrogens is 282 g/mol. The van der Waals surface area contributed by atoms with E-state index in [9.17, 15) is 5.21 Å². The molecule has 0 N–H and O–H groups in total. The van der Waals surface area contributed by atoms with E-state index in [1.807, 2.05) is 6.92 Å². The van der Waals surface area contributed by atoms with Crippen molar-refractivity contribution in [1.82, 2.24) is 0 Å². The molecule has 0 amide bonds. The molecule has 0 fully saturated rings. The lowest BCUT2D eigenvalue weighted by molar-refractivity contribution is -0.859. The maximum atomic E-state index is 11.8. The summed E-state index contributed by atoms with van der Waals surface area (Å²) >= 11 is 0. The van der Waals surface area contributed by atoms with Crippen molar-refractivity contribution in [2.24, 2.45) is 0 Å². The first-order valence-electron chi connectivity index (χ1n) is 10.7. The maximum absolute atomic E-state index is 11.8. The molecule has 0 aliphatic rings. The fraction of sp³-hybridized carbons (Fsp3) is 1.00. The summed E-state index contributed by atoms with van der Waals surface area (Å²) < 4.78 is -0.0569. The molecule has 0 aromatic rings. The molecule has 23 heavy (non-hydrogen) atoms. The van der Waals surface area contributed by atoms with Gasteiger partial charge in [-0.1, -0.05) is 96.8 Å². The third-order valence-corrected chi connectivity index (χ3v) is 5.15. The molecule has 0 spiro atoms. The highest BCUT2D eigenvalue weighted by Crippen LogP contribution is 2.14. The second-order valence-electron chi connectivity index (χ2n) is 7.64. The van der Waals surface area contributed by atoms with E-state index in [1.54, 1.807) is 7.05 Å². The quantitative estimate of drug-likeness (QED) is 0.148. The molecule has 1 unspecified atom stereocenters. The van der Waals surface area contributed by atoms with Gasteiger partial charge in [0.15, 0.2) is 0 Å². The predicted octanol–water partition coefficient (Wildman–Crippen LogP) is 7.21. The first-order valence-corrected chi connectivity index (χ1v) is 10.7. The van der Waals surface area contributed by atoms with Gasteiger partial charge in [0, 0.05) is 0 Å². The highest BCUT2D eigenvalue weighted by atomic mass is 16.5. The molecule has 0 aliphatic heterocycles. The summed E-state index contributed by atoms with van der Waals surface area (Å²) in [5.41, 5.74) is 0. The topological polar surface area (TPSA) is 23.1 Å². The smallest absolute Gasteiger partial charge is 0.0781 e. The van der Waals surface area contributed by atoms with Crippen molar-refractivity contribution < 1.29 is 4.65 Å². The van der Waals surface area contributed by atoms with Gasteiger partial charge >= 0.3 is 0 Å². The Bertz CT molecular complexity index is 228. The van der Waals surface area contributed by atoms with Gasteiger partial charge in [0.2, 0.25) is 0 Å². The average molecular weight is 328 g/mol. The zero-order valence-corrected chi connectivity index (χ0v) is 16.6. The Kier molecular flexibility index (Phi) is 16.7. The van der Waals surface area contributed by atoms with Gasteiger partial charge in [-0.25, -0.2) is 0 Å². The number of hydrogen-bond donors (Lipinski definition) is 0. The largest absolute Gasteiger partial charge is 0.633 e. The molecule has 0 rings (SSSR count). The fourth-order valence-corrected chi connectivity index (χ4v) is 3.15. The van der Waals surface area contributed by atoms with Gasteiger partial charge < -0.3 is 9.85 Å². The van der Waals surface area contributed by atoms with Crippen LogP contribution < -0.4 is 0 Å². The number of nitrogens with zero attached hydrogens (tertiary/aromatic N) is 1. The van der Waals surface area contributed by atoms with Gasteiger partial charge in [-0.15, -0.1) is 0 Å². The van der Waals surface area contributed by atoms with Gasteiger partial charge in [-0.3, -0.25) is 0 Å². The summed E-state index contributed by atoms with van der Waals surface area (Å²) in [6, 6.07) is 0. The molecular formula is C21H45NO. The Morgan fingerprint density at radius 3 is 1.13 bits per heavy atom. The molecule has 0 saturated carbocycles. The van der Waals surface area contributed by atoms with Crippen LogP contribution in [0.5, 0.6) is 0 Å². The molecule has 2 nitrogen and oxygen atoms in total. The van der Waals surface area contributed by atoms with Crippen molar-refractivity contribution in [3.8, 4) is 0 Å². The minimum atomic E-state index is -0.0569. The van der Waals surface area contributed by atoms with Crippen LogP contribution in [0, 0.1) is 5.21 Å². The van der Waals surface area contributed by atoms with Crippen molar-refractivity contribution in [1.29, 1.82) is 0 Å². The second-order valence-corrected chi connectivity index (χ2v) is 7.64. The van der Waals surface area contributed by atoms with E-state index in [2.05, 4.69) is 6.92 Å². The van der Waals surface area contributed by atoms with Gasteiger partial charge in [0.1, 0.15) is 0 Å². The number of quaternary nitrogens is 1. The van der Waals surface area contributed by atoms with E-state index in [4.69, 9.17) is 0 Å². The van der Waals surface area contributed by atoms with Gasteiger partial charge in [0.05, 0.1) is 20.1 Å². The molecule has 0 heterocycles. The minimum absolute atomic E-state index is 0.0569. The van der Waals surface area contributed by atoms with E-state index in [0.29, 0.717) is 6.54 Å². The molecule has 140 valence electrons. The lowest BCUT2D eigenvalue weighted by atomic mass is 10.0. The normalized spacial score (nSPS) is 14.1. The molecule has 0 aromatic heterocycles. The van der Waals surface area contributed by atoms with E-state index < -0.39 is 0 Å². The van der Waals surface area contributed by atoms with Gasteiger partial charge in [0.25, 0.3) is 0 Å². The third-order valence-electron chi connectivity index (χ3n) is 5.15. The van der Waals surface area contributed by atoms with Crippen LogP contribution in [-0.4, -0.2) is 24.8 Å². The van der Waals surface area contributed by atoms with Crippen LogP contribution in [-0.2, 0) is 0 Å². The Morgan fingerprint density at radius 1 is 0.522 bits per heavy atom. The standard InChI is InChI=1S/C21H45NO/c1-4-6-7-8-9-10-11-12-13-14-15-16-17-18-19-20-21-22(3,23)5-2/h4-21H2,1-3H3. The van der Waals surface area contributed by atoms with Crippen LogP contribution in [0.15, 0.2) is 0 Å². The van der Waals surface area contributed by atoms with Gasteiger partial charge in [-0.2, -0.15) is 0 Å². The third kappa shape index (κ3) is 18.1. The van der Waals surface area contributed by atoms with E-state index in [-0.39, 0.29) is 4.65 Å². The molecule has 0 radical (unpaired) electrons. The maximum Gasteiger partial charge on any atom is 0.0781 e. The Hall–Kier alpha value is -0.0800. The highest BCUT2D eigenvalue weighted by Gasteiger charge is 2.05. The molecule has 0 aromatic carbocycles. The number of hydrogen-bond acceptors (Lipinski definition) is 1. The Balaban J connectivity index is 3.05. The number of hydroxylamine groups is 3. The monoisotopic (exact) mass is 327 g/mol. The summed E-state index contributed by atoms with van der Waals surface area (Å²) in [5, 5.41) is 11.8. The van der Waals surface area contributed by atoms with E-state index in [1.165, 1.54) is 96.3 Å². The first-order chi connectivity index (χ1) is 11.1. The van der Waals surface area contributed by atoms with Crippen LogP contribution in [0.2, 0.25) is 0 Å². The Labute approximate surface area is 147 Å². The molecule has 0 aliphatic carbocycles. The van der Waals surface area contributed by atoms with E-state index >= 15 is 0 Å². The van der Waals surface area contributed by atoms with Crippen molar-refractivity contribution in [2.45, 2.75) is 117 Å². The lowest BCUT2D eigenvalue weighted by Gasteiger charge is -2.37. The number of rotatable bonds is 18. The number of unbranched alkanes of at least 4 members (excludes halogenated alkanes) is 15. The van der Waals surface area contributed by atoms with Crippen LogP contribution in [0.4, 0.5) is 0 Å². The lowest BCUT2D eigenvalue weighted by Crippen LogP contribution is -2.37. The summed E-state index contributed by atoms with van der Waals surface area (Å²) in [6.45, 7) is 5.78.